The average molecular weight is 221 g/mol. The molecule has 4 nitrogen and oxygen atoms in total. The SMILES string of the molecule is COCCCOCCOCCC(N)=S. The lowest BCUT2D eigenvalue weighted by Crippen LogP contribution is -2.13. The van der Waals surface area contributed by atoms with Gasteiger partial charge in [-0.1, -0.05) is 12.2 Å². The summed E-state index contributed by atoms with van der Waals surface area (Å²) in [6, 6.07) is 0. The molecule has 0 aromatic heterocycles. The van der Waals surface area contributed by atoms with E-state index in [-0.39, 0.29) is 0 Å². The first-order chi connectivity index (χ1) is 6.77. The third kappa shape index (κ3) is 11.8. The summed E-state index contributed by atoms with van der Waals surface area (Å²) < 4.78 is 15.4. The van der Waals surface area contributed by atoms with Crippen molar-refractivity contribution in [2.24, 2.45) is 5.73 Å². The van der Waals surface area contributed by atoms with E-state index < -0.39 is 0 Å². The maximum Gasteiger partial charge on any atom is 0.0750 e. The Morgan fingerprint density at radius 2 is 1.71 bits per heavy atom. The molecule has 0 fully saturated rings. The van der Waals surface area contributed by atoms with E-state index in [2.05, 4.69) is 0 Å². The Balaban J connectivity index is 2.88. The Hall–Kier alpha value is -0.230. The number of nitrogens with two attached hydrogens (primary N) is 1. The molecule has 0 saturated heterocycles. The molecule has 0 unspecified atom stereocenters. The molecule has 0 rings (SSSR count). The summed E-state index contributed by atoms with van der Waals surface area (Å²) in [6.45, 7) is 3.24. The standard InChI is InChI=1S/C9H19NO3S/c1-11-4-2-5-12-7-8-13-6-3-9(10)14/h2-8H2,1H3,(H2,10,14). The maximum absolute atomic E-state index is 5.29. The Kier molecular flexibility index (Phi) is 10.7. The highest BCUT2D eigenvalue weighted by Crippen LogP contribution is 1.86. The highest BCUT2D eigenvalue weighted by Gasteiger charge is 1.92. The second-order valence-electron chi connectivity index (χ2n) is 2.79. The van der Waals surface area contributed by atoms with Crippen molar-refractivity contribution in [3.05, 3.63) is 0 Å². The van der Waals surface area contributed by atoms with Crippen molar-refractivity contribution in [2.75, 3.05) is 40.1 Å². The second-order valence-corrected chi connectivity index (χ2v) is 3.31. The third-order valence-electron chi connectivity index (χ3n) is 1.50. The Bertz CT molecular complexity index is 144. The van der Waals surface area contributed by atoms with Crippen LogP contribution in [0.4, 0.5) is 0 Å². The lowest BCUT2D eigenvalue weighted by Gasteiger charge is -2.04. The van der Waals surface area contributed by atoms with Crippen LogP contribution in [0, 0.1) is 0 Å². The van der Waals surface area contributed by atoms with E-state index in [9.17, 15) is 0 Å². The summed E-state index contributed by atoms with van der Waals surface area (Å²) in [4.78, 5) is 0.492. The van der Waals surface area contributed by atoms with E-state index in [1.54, 1.807) is 7.11 Å². The highest BCUT2D eigenvalue weighted by atomic mass is 32.1. The van der Waals surface area contributed by atoms with Gasteiger partial charge in [-0.3, -0.25) is 0 Å². The van der Waals surface area contributed by atoms with Crippen LogP contribution < -0.4 is 5.73 Å². The minimum atomic E-state index is 0.492. The number of hydrogen-bond donors (Lipinski definition) is 1. The van der Waals surface area contributed by atoms with Gasteiger partial charge in [0.1, 0.15) is 0 Å². The second kappa shape index (κ2) is 10.8. The molecule has 0 heterocycles. The maximum atomic E-state index is 5.29. The Morgan fingerprint density at radius 3 is 2.29 bits per heavy atom. The Labute approximate surface area is 90.7 Å². The fraction of sp³-hybridized carbons (Fsp3) is 0.889. The van der Waals surface area contributed by atoms with Crippen LogP contribution in [0.3, 0.4) is 0 Å². The van der Waals surface area contributed by atoms with Crippen molar-refractivity contribution >= 4 is 17.2 Å². The molecule has 0 radical (unpaired) electrons. The molecular formula is C9H19NO3S. The van der Waals surface area contributed by atoms with Crippen molar-refractivity contribution in [3.63, 3.8) is 0 Å². The molecule has 0 spiro atoms. The molecule has 0 bridgehead atoms. The summed E-state index contributed by atoms with van der Waals surface area (Å²) in [5.74, 6) is 0. The van der Waals surface area contributed by atoms with Crippen LogP contribution in [-0.4, -0.2) is 45.1 Å². The summed E-state index contributed by atoms with van der Waals surface area (Å²) in [5.41, 5.74) is 5.29. The number of ether oxygens (including phenoxy) is 3. The van der Waals surface area contributed by atoms with Gasteiger partial charge in [-0.05, 0) is 6.42 Å². The normalized spacial score (nSPS) is 10.4. The van der Waals surface area contributed by atoms with Crippen molar-refractivity contribution in [3.8, 4) is 0 Å². The minimum Gasteiger partial charge on any atom is -0.393 e. The van der Waals surface area contributed by atoms with Gasteiger partial charge in [0.2, 0.25) is 0 Å². The highest BCUT2D eigenvalue weighted by molar-refractivity contribution is 7.80. The fourth-order valence-electron chi connectivity index (χ4n) is 0.800. The number of thiocarbonyl (C=S) groups is 1. The van der Waals surface area contributed by atoms with Crippen LogP contribution in [-0.2, 0) is 14.2 Å². The van der Waals surface area contributed by atoms with Crippen LogP contribution in [0.5, 0.6) is 0 Å². The fourth-order valence-corrected chi connectivity index (χ4v) is 0.883. The number of hydrogen-bond acceptors (Lipinski definition) is 4. The summed E-state index contributed by atoms with van der Waals surface area (Å²) in [6.07, 6.45) is 1.56. The first-order valence-electron chi connectivity index (χ1n) is 4.70. The molecule has 0 aromatic carbocycles. The molecular weight excluding hydrogens is 202 g/mol. The van der Waals surface area contributed by atoms with Gasteiger partial charge in [-0.25, -0.2) is 0 Å². The largest absolute Gasteiger partial charge is 0.393 e. The first kappa shape index (κ1) is 13.8. The van der Waals surface area contributed by atoms with Gasteiger partial charge < -0.3 is 19.9 Å². The summed E-state index contributed by atoms with van der Waals surface area (Å²) in [7, 11) is 1.68. The average Bonchev–Trinajstić information content (AvgIpc) is 2.15. The van der Waals surface area contributed by atoms with E-state index in [1.807, 2.05) is 0 Å². The predicted molar refractivity (Wildman–Crippen MR) is 59.5 cm³/mol. The van der Waals surface area contributed by atoms with E-state index in [1.165, 1.54) is 0 Å². The molecule has 14 heavy (non-hydrogen) atoms. The molecule has 0 atom stereocenters. The molecule has 0 aliphatic rings. The lowest BCUT2D eigenvalue weighted by atomic mass is 10.5. The van der Waals surface area contributed by atoms with Crippen LogP contribution >= 0.6 is 12.2 Å². The van der Waals surface area contributed by atoms with Gasteiger partial charge in [-0.2, -0.15) is 0 Å². The van der Waals surface area contributed by atoms with Crippen LogP contribution in [0.1, 0.15) is 12.8 Å². The van der Waals surface area contributed by atoms with E-state index in [0.29, 0.717) is 37.8 Å². The third-order valence-corrected chi connectivity index (χ3v) is 1.71. The van der Waals surface area contributed by atoms with Gasteiger partial charge in [0.25, 0.3) is 0 Å². The van der Waals surface area contributed by atoms with Gasteiger partial charge in [0.15, 0.2) is 0 Å². The molecule has 0 aromatic rings. The zero-order valence-corrected chi connectivity index (χ0v) is 9.48. The molecule has 0 aliphatic heterocycles. The van der Waals surface area contributed by atoms with Gasteiger partial charge in [0, 0.05) is 26.7 Å². The zero-order valence-electron chi connectivity index (χ0n) is 8.66. The van der Waals surface area contributed by atoms with Gasteiger partial charge in [0.05, 0.1) is 24.8 Å². The van der Waals surface area contributed by atoms with Crippen LogP contribution in [0.2, 0.25) is 0 Å². The quantitative estimate of drug-likeness (QED) is 0.435. The molecule has 0 saturated carbocycles. The lowest BCUT2D eigenvalue weighted by molar-refractivity contribution is 0.0422. The smallest absolute Gasteiger partial charge is 0.0750 e. The monoisotopic (exact) mass is 221 g/mol. The van der Waals surface area contributed by atoms with Crippen molar-refractivity contribution < 1.29 is 14.2 Å². The first-order valence-corrected chi connectivity index (χ1v) is 5.11. The van der Waals surface area contributed by atoms with Crippen LogP contribution in [0.15, 0.2) is 0 Å². The summed E-state index contributed by atoms with van der Waals surface area (Å²) >= 11 is 4.70. The van der Waals surface area contributed by atoms with Crippen molar-refractivity contribution in [2.45, 2.75) is 12.8 Å². The van der Waals surface area contributed by atoms with E-state index in [0.717, 1.165) is 13.0 Å². The molecule has 84 valence electrons. The number of rotatable bonds is 10. The van der Waals surface area contributed by atoms with Crippen LogP contribution in [0.25, 0.3) is 0 Å². The molecule has 0 amide bonds. The molecule has 2 N–H and O–H groups in total. The zero-order chi connectivity index (χ0) is 10.6. The molecule has 5 heteroatoms. The van der Waals surface area contributed by atoms with Crippen molar-refractivity contribution in [1.82, 2.24) is 0 Å². The summed E-state index contributed by atoms with van der Waals surface area (Å²) in [5, 5.41) is 0. The molecule has 0 aliphatic carbocycles. The van der Waals surface area contributed by atoms with Crippen molar-refractivity contribution in [1.29, 1.82) is 0 Å². The topological polar surface area (TPSA) is 53.7 Å². The van der Waals surface area contributed by atoms with E-state index in [4.69, 9.17) is 32.2 Å². The minimum absolute atomic E-state index is 0.492. The number of methoxy groups -OCH3 is 1. The van der Waals surface area contributed by atoms with Gasteiger partial charge in [-0.15, -0.1) is 0 Å². The van der Waals surface area contributed by atoms with Gasteiger partial charge >= 0.3 is 0 Å². The Morgan fingerprint density at radius 1 is 1.07 bits per heavy atom. The van der Waals surface area contributed by atoms with E-state index >= 15 is 0 Å². The predicted octanol–water partition coefficient (Wildman–Crippen LogP) is 0.732.